The predicted octanol–water partition coefficient (Wildman–Crippen LogP) is 4.38. The van der Waals surface area contributed by atoms with E-state index >= 15 is 0 Å². The van der Waals surface area contributed by atoms with Crippen LogP contribution in [0.15, 0.2) is 79.1 Å². The number of halogens is 1. The Balaban J connectivity index is 1.16. The van der Waals surface area contributed by atoms with Crippen LogP contribution in [0.3, 0.4) is 0 Å². The number of nitrogens with one attached hydrogen (secondary N) is 2. The molecule has 176 valence electrons. The van der Waals surface area contributed by atoms with Crippen molar-refractivity contribution in [2.75, 3.05) is 41.7 Å². The molecular formula is C26H23FN6O2. The van der Waals surface area contributed by atoms with E-state index in [1.807, 2.05) is 30.3 Å². The van der Waals surface area contributed by atoms with Crippen LogP contribution in [0.25, 0.3) is 10.9 Å². The van der Waals surface area contributed by atoms with Crippen molar-refractivity contribution >= 4 is 40.0 Å². The lowest BCUT2D eigenvalue weighted by atomic mass is 10.1. The monoisotopic (exact) mass is 470 g/mol. The van der Waals surface area contributed by atoms with Gasteiger partial charge >= 0.3 is 6.03 Å². The molecule has 0 unspecified atom stereocenters. The molecule has 0 spiro atoms. The van der Waals surface area contributed by atoms with Gasteiger partial charge in [0.1, 0.15) is 11.6 Å². The number of nitrogens with zero attached hydrogens (tertiary/aromatic N) is 4. The number of piperazine rings is 1. The topological polar surface area (TPSA) is 90.5 Å². The number of hydrogen-bond acceptors (Lipinski definition) is 5. The van der Waals surface area contributed by atoms with Crippen LogP contribution in [0.5, 0.6) is 0 Å². The van der Waals surface area contributed by atoms with E-state index in [0.29, 0.717) is 37.4 Å². The average Bonchev–Trinajstić information content (AvgIpc) is 2.90. The first-order valence-electron chi connectivity index (χ1n) is 11.2. The Hall–Kier alpha value is -4.53. The van der Waals surface area contributed by atoms with Gasteiger partial charge in [-0.15, -0.1) is 0 Å². The molecule has 1 saturated heterocycles. The number of urea groups is 1. The fraction of sp³-hybridized carbons (Fsp3) is 0.154. The van der Waals surface area contributed by atoms with E-state index in [1.54, 1.807) is 41.6 Å². The first kappa shape index (κ1) is 22.3. The molecule has 2 aromatic heterocycles. The Morgan fingerprint density at radius 2 is 1.60 bits per heavy atom. The number of benzene rings is 2. The van der Waals surface area contributed by atoms with Gasteiger partial charge < -0.3 is 20.4 Å². The third-order valence-electron chi connectivity index (χ3n) is 5.86. The van der Waals surface area contributed by atoms with E-state index in [9.17, 15) is 14.0 Å². The molecule has 35 heavy (non-hydrogen) atoms. The molecule has 0 atom stereocenters. The van der Waals surface area contributed by atoms with Gasteiger partial charge in [0.25, 0.3) is 5.91 Å². The quantitative estimate of drug-likeness (QED) is 0.462. The van der Waals surface area contributed by atoms with Gasteiger partial charge in [-0.1, -0.05) is 30.3 Å². The van der Waals surface area contributed by atoms with Crippen molar-refractivity contribution < 1.29 is 14.0 Å². The fourth-order valence-electron chi connectivity index (χ4n) is 3.94. The lowest BCUT2D eigenvalue weighted by Crippen LogP contribution is -2.50. The number of pyridine rings is 2. The highest BCUT2D eigenvalue weighted by Gasteiger charge is 2.22. The van der Waals surface area contributed by atoms with Crippen molar-refractivity contribution in [3.63, 3.8) is 0 Å². The zero-order chi connectivity index (χ0) is 24.2. The smallest absolute Gasteiger partial charge is 0.322 e. The van der Waals surface area contributed by atoms with Crippen LogP contribution in [0.4, 0.5) is 26.4 Å². The first-order chi connectivity index (χ1) is 17.1. The number of amides is 3. The predicted molar refractivity (Wildman–Crippen MR) is 133 cm³/mol. The van der Waals surface area contributed by atoms with E-state index < -0.39 is 5.82 Å². The van der Waals surface area contributed by atoms with Crippen LogP contribution in [-0.4, -0.2) is 53.0 Å². The summed E-state index contributed by atoms with van der Waals surface area (Å²) < 4.78 is 13.8. The Morgan fingerprint density at radius 3 is 2.37 bits per heavy atom. The summed E-state index contributed by atoms with van der Waals surface area (Å²) >= 11 is 0. The molecule has 3 amide bonds. The van der Waals surface area contributed by atoms with E-state index in [0.717, 1.165) is 16.7 Å². The highest BCUT2D eigenvalue weighted by molar-refractivity contribution is 6.05. The third kappa shape index (κ3) is 5.03. The van der Waals surface area contributed by atoms with Crippen molar-refractivity contribution in [3.05, 3.63) is 90.5 Å². The molecule has 0 bridgehead atoms. The Bertz CT molecular complexity index is 1370. The number of hydrogen-bond donors (Lipinski definition) is 2. The molecule has 0 radical (unpaired) electrons. The maximum absolute atomic E-state index is 13.8. The minimum Gasteiger partial charge on any atom is -0.353 e. The summed E-state index contributed by atoms with van der Waals surface area (Å²) in [4.78, 5) is 37.6. The van der Waals surface area contributed by atoms with Gasteiger partial charge in [0.05, 0.1) is 28.7 Å². The van der Waals surface area contributed by atoms with Crippen molar-refractivity contribution in [3.8, 4) is 0 Å². The van der Waals surface area contributed by atoms with Crippen molar-refractivity contribution in [2.45, 2.75) is 0 Å². The van der Waals surface area contributed by atoms with Crippen molar-refractivity contribution in [2.24, 2.45) is 0 Å². The number of anilines is 3. The molecule has 4 aromatic rings. The van der Waals surface area contributed by atoms with Gasteiger partial charge in [0.2, 0.25) is 0 Å². The minimum atomic E-state index is -0.465. The van der Waals surface area contributed by atoms with Gasteiger partial charge in [0, 0.05) is 37.8 Å². The Morgan fingerprint density at radius 1 is 0.829 bits per heavy atom. The summed E-state index contributed by atoms with van der Waals surface area (Å²) in [5.41, 5.74) is 2.05. The summed E-state index contributed by atoms with van der Waals surface area (Å²) in [6.07, 6.45) is 3.17. The Labute approximate surface area is 201 Å². The summed E-state index contributed by atoms with van der Waals surface area (Å²) in [6, 6.07) is 18.8. The van der Waals surface area contributed by atoms with Crippen LogP contribution >= 0.6 is 0 Å². The maximum Gasteiger partial charge on any atom is 0.322 e. The third-order valence-corrected chi connectivity index (χ3v) is 5.86. The van der Waals surface area contributed by atoms with Gasteiger partial charge in [0.15, 0.2) is 0 Å². The van der Waals surface area contributed by atoms with Crippen LogP contribution in [-0.2, 0) is 0 Å². The molecule has 8 nitrogen and oxygen atoms in total. The summed E-state index contributed by atoms with van der Waals surface area (Å²) in [6.45, 7) is 2.14. The molecule has 9 heteroatoms. The van der Waals surface area contributed by atoms with Crippen LogP contribution in [0.1, 0.15) is 10.4 Å². The molecule has 0 saturated carbocycles. The second kappa shape index (κ2) is 9.76. The summed E-state index contributed by atoms with van der Waals surface area (Å²) in [7, 11) is 0. The van der Waals surface area contributed by atoms with Gasteiger partial charge in [-0.2, -0.15) is 0 Å². The van der Waals surface area contributed by atoms with Gasteiger partial charge in [-0.3, -0.25) is 9.78 Å². The number of aromatic nitrogens is 2. The van der Waals surface area contributed by atoms with E-state index in [1.165, 1.54) is 12.1 Å². The molecule has 1 aliphatic rings. The van der Waals surface area contributed by atoms with Gasteiger partial charge in [-0.25, -0.2) is 14.2 Å². The van der Waals surface area contributed by atoms with Crippen LogP contribution < -0.4 is 15.5 Å². The molecule has 2 N–H and O–H groups in total. The molecular weight excluding hydrogens is 447 g/mol. The second-order valence-electron chi connectivity index (χ2n) is 8.16. The SMILES string of the molecule is O=C(Nc1ccc(N2CCN(C(=O)Nc3ccccc3F)CC2)nc1)c1cnc2ccccc2c1. The molecule has 0 aliphatic carbocycles. The van der Waals surface area contributed by atoms with Crippen LogP contribution in [0.2, 0.25) is 0 Å². The van der Waals surface area contributed by atoms with Crippen LogP contribution in [0, 0.1) is 5.82 Å². The number of para-hydroxylation sites is 2. The fourth-order valence-corrected chi connectivity index (χ4v) is 3.94. The first-order valence-corrected chi connectivity index (χ1v) is 11.2. The number of carbonyl (C=O) groups is 2. The number of rotatable bonds is 4. The Kier molecular flexibility index (Phi) is 6.21. The molecule has 1 fully saturated rings. The molecule has 2 aromatic carbocycles. The largest absolute Gasteiger partial charge is 0.353 e. The molecule has 1 aliphatic heterocycles. The lowest BCUT2D eigenvalue weighted by molar-refractivity contribution is 0.102. The zero-order valence-electron chi connectivity index (χ0n) is 18.8. The van der Waals surface area contributed by atoms with Crippen molar-refractivity contribution in [1.82, 2.24) is 14.9 Å². The maximum atomic E-state index is 13.8. The highest BCUT2D eigenvalue weighted by Crippen LogP contribution is 2.19. The molecule has 3 heterocycles. The minimum absolute atomic E-state index is 0.165. The zero-order valence-corrected chi connectivity index (χ0v) is 18.8. The summed E-state index contributed by atoms with van der Waals surface area (Å²) in [5.74, 6) is 0.0320. The number of carbonyl (C=O) groups excluding carboxylic acids is 2. The number of fused-ring (bicyclic) bond motifs is 1. The normalized spacial score (nSPS) is 13.5. The lowest BCUT2D eigenvalue weighted by Gasteiger charge is -2.35. The van der Waals surface area contributed by atoms with E-state index in [-0.39, 0.29) is 17.6 Å². The standard InChI is InChI=1S/C26H23FN6O2/c27-21-6-2-4-8-23(21)31-26(35)33-13-11-32(12-14-33)24-10-9-20(17-29-24)30-25(34)19-15-18-5-1-3-7-22(18)28-16-19/h1-10,15-17H,11-14H2,(H,30,34)(H,31,35). The second-order valence-corrected chi connectivity index (χ2v) is 8.16. The average molecular weight is 471 g/mol. The van der Waals surface area contributed by atoms with E-state index in [4.69, 9.17) is 0 Å². The van der Waals surface area contributed by atoms with Gasteiger partial charge in [-0.05, 0) is 36.4 Å². The molecule has 5 rings (SSSR count). The highest BCUT2D eigenvalue weighted by atomic mass is 19.1. The summed E-state index contributed by atoms with van der Waals surface area (Å²) in [5, 5.41) is 6.37. The van der Waals surface area contributed by atoms with E-state index in [2.05, 4.69) is 25.5 Å². The van der Waals surface area contributed by atoms with Crippen molar-refractivity contribution in [1.29, 1.82) is 0 Å².